The van der Waals surface area contributed by atoms with Gasteiger partial charge in [0.25, 0.3) is 5.69 Å². The predicted molar refractivity (Wildman–Crippen MR) is 77.4 cm³/mol. The van der Waals surface area contributed by atoms with E-state index < -0.39 is 22.8 Å². The molecule has 2 rings (SSSR count). The fraction of sp³-hybridized carbons (Fsp3) is 0.143. The van der Waals surface area contributed by atoms with Crippen molar-refractivity contribution in [1.29, 1.82) is 0 Å². The molecule has 0 saturated carbocycles. The van der Waals surface area contributed by atoms with Crippen LogP contribution in [0.25, 0.3) is 0 Å². The van der Waals surface area contributed by atoms with Crippen LogP contribution >= 0.6 is 0 Å². The minimum Gasteiger partial charge on any atom is -0.461 e. The highest BCUT2D eigenvalue weighted by molar-refractivity contribution is 6.01. The number of nitro benzene ring substituents is 1. The second-order valence-electron chi connectivity index (χ2n) is 4.42. The van der Waals surface area contributed by atoms with E-state index in [1.165, 1.54) is 43.5 Å². The van der Waals surface area contributed by atoms with Crippen LogP contribution in [-0.4, -0.2) is 22.8 Å². The van der Waals surface area contributed by atoms with Crippen molar-refractivity contribution in [2.75, 3.05) is 5.32 Å². The van der Waals surface area contributed by atoms with Gasteiger partial charge < -0.3 is 15.1 Å². The summed E-state index contributed by atoms with van der Waals surface area (Å²) in [7, 11) is 0. The fourth-order valence-corrected chi connectivity index (χ4v) is 1.78. The Balaban J connectivity index is 2.17. The Kier molecular flexibility index (Phi) is 4.52. The molecule has 8 nitrogen and oxygen atoms in total. The normalized spacial score (nSPS) is 11.5. The molecular weight excluding hydrogens is 290 g/mol. The topological polar surface area (TPSA) is 114 Å². The maximum atomic E-state index is 12.2. The number of nitrogens with one attached hydrogen (secondary N) is 2. The quantitative estimate of drug-likeness (QED) is 0.365. The van der Waals surface area contributed by atoms with E-state index in [2.05, 4.69) is 10.6 Å². The van der Waals surface area contributed by atoms with Crippen molar-refractivity contribution in [1.82, 2.24) is 5.32 Å². The number of Topliss-reactive ketones (excluding diaryl/α,β-unsaturated/α-hetero) is 1. The van der Waals surface area contributed by atoms with Crippen molar-refractivity contribution in [3.8, 4) is 0 Å². The molecule has 0 radical (unpaired) electrons. The Labute approximate surface area is 125 Å². The van der Waals surface area contributed by atoms with Gasteiger partial charge in [0, 0.05) is 24.7 Å². The number of furan rings is 1. The van der Waals surface area contributed by atoms with Crippen LogP contribution in [0.1, 0.15) is 17.5 Å². The molecule has 0 spiro atoms. The lowest BCUT2D eigenvalue weighted by Gasteiger charge is -2.18. The van der Waals surface area contributed by atoms with E-state index in [1.807, 2.05) is 0 Å². The average molecular weight is 303 g/mol. The molecule has 8 heteroatoms. The number of non-ortho nitro benzene ring substituents is 1. The Bertz CT molecular complexity index is 679. The van der Waals surface area contributed by atoms with Crippen LogP contribution in [0, 0.1) is 10.1 Å². The average Bonchev–Trinajstić information content (AvgIpc) is 3.00. The third kappa shape index (κ3) is 3.69. The first-order valence-corrected chi connectivity index (χ1v) is 6.33. The van der Waals surface area contributed by atoms with Gasteiger partial charge in [-0.2, -0.15) is 0 Å². The van der Waals surface area contributed by atoms with Crippen LogP contribution in [0.3, 0.4) is 0 Å². The number of carbonyl (C=O) groups excluding carboxylic acids is 2. The number of nitrogens with zero attached hydrogens (tertiary/aromatic N) is 1. The standard InChI is InChI=1S/C14H13N3O5/c1-9(18)15-14(13(19)12-3-2-8-22-12)16-10-4-6-11(7-5-10)17(20)21/h2-8,14,16H,1H3,(H,15,18)/t14-/m1/s1. The molecule has 1 atom stereocenters. The second-order valence-corrected chi connectivity index (χ2v) is 4.42. The van der Waals surface area contributed by atoms with Crippen LogP contribution in [0.2, 0.25) is 0 Å². The summed E-state index contributed by atoms with van der Waals surface area (Å²) >= 11 is 0. The Hall–Kier alpha value is -3.16. The van der Waals surface area contributed by atoms with Crippen molar-refractivity contribution in [3.63, 3.8) is 0 Å². The molecule has 2 N–H and O–H groups in total. The second kappa shape index (κ2) is 6.53. The monoisotopic (exact) mass is 303 g/mol. The summed E-state index contributed by atoms with van der Waals surface area (Å²) in [5.41, 5.74) is 0.378. The van der Waals surface area contributed by atoms with Crippen molar-refractivity contribution in [2.45, 2.75) is 13.1 Å². The molecule has 1 aromatic heterocycles. The van der Waals surface area contributed by atoms with Crippen molar-refractivity contribution < 1.29 is 18.9 Å². The molecule has 0 aliphatic carbocycles. The number of benzene rings is 1. The van der Waals surface area contributed by atoms with Crippen LogP contribution in [-0.2, 0) is 4.79 Å². The van der Waals surface area contributed by atoms with Gasteiger partial charge in [0.2, 0.25) is 11.7 Å². The van der Waals surface area contributed by atoms with E-state index in [0.29, 0.717) is 5.69 Å². The SMILES string of the molecule is CC(=O)N[C@H](Nc1ccc([N+](=O)[O-])cc1)C(=O)c1ccco1. The van der Waals surface area contributed by atoms with Gasteiger partial charge in [0.1, 0.15) is 0 Å². The number of amides is 1. The zero-order valence-electron chi connectivity index (χ0n) is 11.6. The van der Waals surface area contributed by atoms with Gasteiger partial charge in [-0.1, -0.05) is 0 Å². The molecule has 0 unspecified atom stereocenters. The third-order valence-corrected chi connectivity index (χ3v) is 2.76. The molecule has 0 aliphatic rings. The lowest BCUT2D eigenvalue weighted by molar-refractivity contribution is -0.384. The summed E-state index contributed by atoms with van der Waals surface area (Å²) in [5, 5.41) is 15.9. The Morgan fingerprint density at radius 2 is 1.91 bits per heavy atom. The molecule has 0 aliphatic heterocycles. The summed E-state index contributed by atoms with van der Waals surface area (Å²) in [6.07, 6.45) is 0.314. The number of rotatable bonds is 6. The van der Waals surface area contributed by atoms with Crippen LogP contribution in [0.4, 0.5) is 11.4 Å². The summed E-state index contributed by atoms with van der Waals surface area (Å²) < 4.78 is 5.02. The number of carbonyl (C=O) groups is 2. The van der Waals surface area contributed by atoms with Crippen LogP contribution in [0.15, 0.2) is 47.1 Å². The molecule has 22 heavy (non-hydrogen) atoms. The van der Waals surface area contributed by atoms with E-state index in [9.17, 15) is 19.7 Å². The first-order chi connectivity index (χ1) is 10.5. The molecule has 0 bridgehead atoms. The number of nitro groups is 1. The van der Waals surface area contributed by atoms with Gasteiger partial charge in [0.05, 0.1) is 11.2 Å². The van der Waals surface area contributed by atoms with Gasteiger partial charge in [-0.15, -0.1) is 0 Å². The van der Waals surface area contributed by atoms with Gasteiger partial charge in [-0.25, -0.2) is 0 Å². The van der Waals surface area contributed by atoms with E-state index >= 15 is 0 Å². The minimum absolute atomic E-state index is 0.0704. The zero-order valence-corrected chi connectivity index (χ0v) is 11.6. The van der Waals surface area contributed by atoms with E-state index in [-0.39, 0.29) is 11.4 Å². The molecular formula is C14H13N3O5. The van der Waals surface area contributed by atoms with Gasteiger partial charge in [0.15, 0.2) is 11.9 Å². The van der Waals surface area contributed by atoms with Gasteiger partial charge in [-0.3, -0.25) is 19.7 Å². The molecule has 1 heterocycles. The number of ketones is 1. The smallest absolute Gasteiger partial charge is 0.269 e. The summed E-state index contributed by atoms with van der Waals surface area (Å²) in [6.45, 7) is 1.28. The summed E-state index contributed by atoms with van der Waals surface area (Å²) in [6, 6.07) is 8.53. The number of anilines is 1. The minimum atomic E-state index is -1.04. The number of hydrogen-bond donors (Lipinski definition) is 2. The summed E-state index contributed by atoms with van der Waals surface area (Å²) in [4.78, 5) is 33.6. The molecule has 1 amide bonds. The third-order valence-electron chi connectivity index (χ3n) is 2.76. The maximum Gasteiger partial charge on any atom is 0.269 e. The lowest BCUT2D eigenvalue weighted by Crippen LogP contribution is -2.45. The fourth-order valence-electron chi connectivity index (χ4n) is 1.78. The van der Waals surface area contributed by atoms with Crippen molar-refractivity contribution in [3.05, 3.63) is 58.5 Å². The highest BCUT2D eigenvalue weighted by Crippen LogP contribution is 2.16. The van der Waals surface area contributed by atoms with Gasteiger partial charge >= 0.3 is 0 Å². The Morgan fingerprint density at radius 3 is 2.41 bits per heavy atom. The van der Waals surface area contributed by atoms with Crippen LogP contribution in [0.5, 0.6) is 0 Å². The molecule has 2 aromatic rings. The maximum absolute atomic E-state index is 12.2. The van der Waals surface area contributed by atoms with E-state index in [0.717, 1.165) is 0 Å². The highest BCUT2D eigenvalue weighted by Gasteiger charge is 2.23. The predicted octanol–water partition coefficient (Wildman–Crippen LogP) is 1.94. The first kappa shape index (κ1) is 15.2. The summed E-state index contributed by atoms with van der Waals surface area (Å²) in [5.74, 6) is -0.772. The van der Waals surface area contributed by atoms with E-state index in [1.54, 1.807) is 6.07 Å². The van der Waals surface area contributed by atoms with Crippen molar-refractivity contribution in [2.24, 2.45) is 0 Å². The van der Waals surface area contributed by atoms with E-state index in [4.69, 9.17) is 4.42 Å². The molecule has 0 fully saturated rings. The number of hydrogen-bond acceptors (Lipinski definition) is 6. The molecule has 0 saturated heterocycles. The highest BCUT2D eigenvalue weighted by atomic mass is 16.6. The zero-order chi connectivity index (χ0) is 16.1. The molecule has 114 valence electrons. The lowest BCUT2D eigenvalue weighted by atomic mass is 10.2. The van der Waals surface area contributed by atoms with Gasteiger partial charge in [-0.05, 0) is 24.3 Å². The van der Waals surface area contributed by atoms with Crippen LogP contribution < -0.4 is 10.6 Å². The Morgan fingerprint density at radius 1 is 1.23 bits per heavy atom. The molecule has 1 aromatic carbocycles. The van der Waals surface area contributed by atoms with Crippen molar-refractivity contribution >= 4 is 23.1 Å². The first-order valence-electron chi connectivity index (χ1n) is 6.33. The largest absolute Gasteiger partial charge is 0.461 e.